The van der Waals surface area contributed by atoms with Crippen LogP contribution in [-0.4, -0.2) is 18.0 Å². The van der Waals surface area contributed by atoms with E-state index in [1.165, 1.54) is 32.4 Å². The maximum Gasteiger partial charge on any atom is 0.143 e. The molecule has 0 atom stereocenters. The topological polar surface area (TPSA) is 25.8 Å². The largest absolute Gasteiger partial charge is 0.305 e. The molecule has 3 aromatic heterocycles. The van der Waals surface area contributed by atoms with Crippen molar-refractivity contribution < 1.29 is 24.5 Å². The zero-order valence-corrected chi connectivity index (χ0v) is 30.7. The van der Waals surface area contributed by atoms with E-state index in [0.29, 0.717) is 11.5 Å². The van der Waals surface area contributed by atoms with E-state index >= 15 is 0 Å². The van der Waals surface area contributed by atoms with E-state index < -0.39 is 8.07 Å². The molecule has 0 amide bonds. The molecule has 0 N–H and O–H groups in total. The van der Waals surface area contributed by atoms with Gasteiger partial charge in [-0.05, 0) is 56.5 Å². The predicted octanol–water partition coefficient (Wildman–Crippen LogP) is 10.5. The molecule has 6 aromatic rings. The average molecular weight is 795 g/mol. The van der Waals surface area contributed by atoms with E-state index in [0.717, 1.165) is 33.6 Å². The van der Waals surface area contributed by atoms with Gasteiger partial charge in [-0.1, -0.05) is 88.6 Å². The average Bonchev–Trinajstić information content (AvgIpc) is 3.36. The molecule has 0 aliphatic carbocycles. The molecule has 0 aliphatic rings. The third-order valence-corrected chi connectivity index (χ3v) is 10.8. The van der Waals surface area contributed by atoms with Gasteiger partial charge in [0.2, 0.25) is 0 Å². The summed E-state index contributed by atoms with van der Waals surface area (Å²) in [5.74, 6) is 0.547. The van der Waals surface area contributed by atoms with Crippen molar-refractivity contribution in [2.45, 2.75) is 59.7 Å². The van der Waals surface area contributed by atoms with E-state index in [2.05, 4.69) is 98.2 Å². The summed E-state index contributed by atoms with van der Waals surface area (Å²) in [5, 5.41) is 3.94. The monoisotopic (exact) mass is 795 g/mol. The Hall–Kier alpha value is -3.02. The Labute approximate surface area is 280 Å². The fraction of sp³-hybridized carbons (Fsp3) is 0.263. The number of aromatic nitrogens is 2. The molecule has 0 fully saturated rings. The minimum atomic E-state index is -1.34. The molecule has 0 unspecified atom stereocenters. The van der Waals surface area contributed by atoms with Crippen molar-refractivity contribution in [2.75, 3.05) is 0 Å². The first-order valence-electron chi connectivity index (χ1n) is 15.0. The van der Waals surface area contributed by atoms with E-state index in [-0.39, 0.29) is 31.8 Å². The maximum absolute atomic E-state index is 13.9. The van der Waals surface area contributed by atoms with Crippen LogP contribution in [0.5, 0.6) is 0 Å². The standard InChI is InChI=1S/C20H15FNS.C18H24NSi.Ir/c1-12(2)16-10-18(22-11-17(16)21)15-8-5-7-14-13-6-3-4-9-19(13)23-20(14)15;1-14(2)11-16-12-17(15-9-7-6-8-10-15)19-13-18(16)20(3,4)5;/h3-7,9-12H,1-2H3;6-9,12-14H,11H2,1-5H3;/q2*-1;. The second kappa shape index (κ2) is 14.4. The molecule has 0 spiro atoms. The number of pyridine rings is 2. The smallest absolute Gasteiger partial charge is 0.143 e. The third kappa shape index (κ3) is 7.60. The van der Waals surface area contributed by atoms with E-state index in [4.69, 9.17) is 0 Å². The molecule has 6 heteroatoms. The molecule has 229 valence electrons. The fourth-order valence-electron chi connectivity index (χ4n) is 5.40. The minimum Gasteiger partial charge on any atom is -0.305 e. The van der Waals surface area contributed by atoms with Crippen LogP contribution in [0.15, 0.2) is 85.2 Å². The summed E-state index contributed by atoms with van der Waals surface area (Å²) in [7, 11) is -1.34. The molecule has 3 heterocycles. The zero-order chi connectivity index (χ0) is 30.7. The first-order valence-corrected chi connectivity index (χ1v) is 19.3. The summed E-state index contributed by atoms with van der Waals surface area (Å²) in [6.07, 6.45) is 4.56. The van der Waals surface area contributed by atoms with Gasteiger partial charge < -0.3 is 9.97 Å². The summed E-state index contributed by atoms with van der Waals surface area (Å²) < 4.78 is 16.3. The summed E-state index contributed by atoms with van der Waals surface area (Å²) in [5.41, 5.74) is 6.03. The number of nitrogens with zero attached hydrogens (tertiary/aromatic N) is 2. The number of halogens is 1. The summed E-state index contributed by atoms with van der Waals surface area (Å²) in [6, 6.07) is 31.2. The van der Waals surface area contributed by atoms with Crippen molar-refractivity contribution in [2.24, 2.45) is 5.92 Å². The van der Waals surface area contributed by atoms with Crippen LogP contribution in [0.3, 0.4) is 0 Å². The molecule has 2 nitrogen and oxygen atoms in total. The molecule has 44 heavy (non-hydrogen) atoms. The van der Waals surface area contributed by atoms with Gasteiger partial charge >= 0.3 is 0 Å². The molecule has 0 saturated carbocycles. The van der Waals surface area contributed by atoms with Crippen LogP contribution in [-0.2, 0) is 26.5 Å². The molecule has 1 radical (unpaired) electrons. The predicted molar refractivity (Wildman–Crippen MR) is 185 cm³/mol. The molecular weight excluding hydrogens is 756 g/mol. The van der Waals surface area contributed by atoms with Crippen molar-refractivity contribution in [3.05, 3.63) is 114 Å². The van der Waals surface area contributed by atoms with E-state index in [1.807, 2.05) is 50.2 Å². The van der Waals surface area contributed by atoms with E-state index in [9.17, 15) is 4.39 Å². The van der Waals surface area contributed by atoms with Crippen molar-refractivity contribution in [1.29, 1.82) is 0 Å². The summed E-state index contributed by atoms with van der Waals surface area (Å²) in [6.45, 7) is 15.7. The molecule has 0 bridgehead atoms. The van der Waals surface area contributed by atoms with Gasteiger partial charge in [0.1, 0.15) is 5.82 Å². The van der Waals surface area contributed by atoms with Gasteiger partial charge in [0, 0.05) is 31.0 Å². The Bertz CT molecular complexity index is 1860. The van der Waals surface area contributed by atoms with Crippen LogP contribution in [0.4, 0.5) is 4.39 Å². The SMILES string of the molecule is CC(C)Cc1cc(-c2[c-]cccc2)ncc1[Si](C)(C)C.CC(C)c1cc(-c2[c-]ccc3c2sc2ccccc23)ncc1F.[Ir]. The maximum atomic E-state index is 13.9. The molecular formula is C38H39FIrN2SSi-2. The van der Waals surface area contributed by atoms with Crippen LogP contribution < -0.4 is 5.19 Å². The van der Waals surface area contributed by atoms with Gasteiger partial charge in [0.15, 0.2) is 0 Å². The van der Waals surface area contributed by atoms with Gasteiger partial charge in [-0.15, -0.1) is 59.7 Å². The van der Waals surface area contributed by atoms with Crippen LogP contribution in [0.2, 0.25) is 19.6 Å². The zero-order valence-electron chi connectivity index (χ0n) is 26.5. The van der Waals surface area contributed by atoms with Crippen LogP contribution >= 0.6 is 11.3 Å². The second-order valence-electron chi connectivity index (χ2n) is 12.8. The third-order valence-electron chi connectivity index (χ3n) is 7.51. The molecule has 6 rings (SSSR count). The number of hydrogen-bond donors (Lipinski definition) is 0. The molecule has 3 aromatic carbocycles. The van der Waals surface area contributed by atoms with Gasteiger partial charge in [-0.3, -0.25) is 0 Å². The number of thiophene rings is 1. The Morgan fingerprint density at radius 1 is 0.818 bits per heavy atom. The normalized spacial score (nSPS) is 11.5. The quantitative estimate of drug-likeness (QED) is 0.124. The molecule has 0 saturated heterocycles. The van der Waals surface area contributed by atoms with Crippen molar-refractivity contribution in [3.63, 3.8) is 0 Å². The van der Waals surface area contributed by atoms with Gasteiger partial charge in [-0.2, -0.15) is 11.3 Å². The van der Waals surface area contributed by atoms with Crippen molar-refractivity contribution >= 4 is 44.8 Å². The summed E-state index contributed by atoms with van der Waals surface area (Å²) in [4.78, 5) is 9.00. The Morgan fingerprint density at radius 3 is 2.23 bits per heavy atom. The number of rotatable bonds is 6. The van der Waals surface area contributed by atoms with Gasteiger partial charge in [0.05, 0.1) is 14.3 Å². The van der Waals surface area contributed by atoms with E-state index in [1.54, 1.807) is 11.3 Å². The summed E-state index contributed by atoms with van der Waals surface area (Å²) >= 11 is 1.74. The van der Waals surface area contributed by atoms with Gasteiger partial charge in [-0.25, -0.2) is 4.39 Å². The van der Waals surface area contributed by atoms with Crippen LogP contribution in [0, 0.1) is 23.9 Å². The fourth-order valence-corrected chi connectivity index (χ4v) is 8.19. The van der Waals surface area contributed by atoms with Crippen LogP contribution in [0.25, 0.3) is 42.7 Å². The number of benzene rings is 3. The Balaban J connectivity index is 0.000000199. The van der Waals surface area contributed by atoms with Crippen molar-refractivity contribution in [1.82, 2.24) is 9.97 Å². The van der Waals surface area contributed by atoms with Gasteiger partial charge in [0.25, 0.3) is 0 Å². The second-order valence-corrected chi connectivity index (χ2v) is 18.9. The molecule has 0 aliphatic heterocycles. The van der Waals surface area contributed by atoms with Crippen molar-refractivity contribution in [3.8, 4) is 22.5 Å². The number of hydrogen-bond acceptors (Lipinski definition) is 3. The first kappa shape index (κ1) is 33.9. The number of fused-ring (bicyclic) bond motifs is 3. The first-order chi connectivity index (χ1) is 20.5. The Kier molecular flexibility index (Phi) is 11.1. The Morgan fingerprint density at radius 2 is 1.55 bits per heavy atom. The van der Waals surface area contributed by atoms with Crippen LogP contribution in [0.1, 0.15) is 44.7 Å². The minimum absolute atomic E-state index is 0.